The zero-order chi connectivity index (χ0) is 30.4. The first-order valence-electron chi connectivity index (χ1n) is 13.2. The Kier molecular flexibility index (Phi) is 9.63. The van der Waals surface area contributed by atoms with E-state index in [2.05, 4.69) is 10.1 Å². The maximum absolute atomic E-state index is 13.9. The molecule has 1 N–H and O–H groups in total. The molecular formula is C28H30ClN5O8. The Hall–Kier alpha value is -4.65. The molecule has 2 atom stereocenters. The number of carboxylic acid groups (broad SMARTS) is 1. The molecule has 1 saturated heterocycles. The van der Waals surface area contributed by atoms with Gasteiger partial charge in [-0.15, -0.1) is 0 Å². The summed E-state index contributed by atoms with van der Waals surface area (Å²) in [4.78, 5) is 57.1. The molecule has 3 heterocycles. The predicted molar refractivity (Wildman–Crippen MR) is 150 cm³/mol. The highest BCUT2D eigenvalue weighted by Crippen LogP contribution is 2.31. The largest absolute Gasteiger partial charge is 0.511 e. The van der Waals surface area contributed by atoms with Crippen LogP contribution < -0.4 is 4.90 Å². The van der Waals surface area contributed by atoms with Crippen molar-refractivity contribution in [3.63, 3.8) is 0 Å². The van der Waals surface area contributed by atoms with Crippen molar-refractivity contribution in [2.24, 2.45) is 7.05 Å². The Labute approximate surface area is 246 Å². The lowest BCUT2D eigenvalue weighted by Gasteiger charge is -2.38. The number of aromatic nitrogens is 3. The molecule has 0 saturated carbocycles. The van der Waals surface area contributed by atoms with Crippen molar-refractivity contribution in [2.75, 3.05) is 24.6 Å². The molecule has 3 aromatic rings. The van der Waals surface area contributed by atoms with E-state index in [0.29, 0.717) is 36.1 Å². The van der Waals surface area contributed by atoms with Gasteiger partial charge < -0.3 is 24.2 Å². The molecule has 1 fully saturated rings. The van der Waals surface area contributed by atoms with Crippen LogP contribution in [0, 0.1) is 0 Å². The van der Waals surface area contributed by atoms with Crippen LogP contribution in [0.15, 0.2) is 48.8 Å². The van der Waals surface area contributed by atoms with E-state index in [1.807, 2.05) is 0 Å². The van der Waals surface area contributed by atoms with Crippen LogP contribution in [0.25, 0.3) is 11.1 Å². The first-order valence-corrected chi connectivity index (χ1v) is 13.6. The number of piperidine rings is 1. The van der Waals surface area contributed by atoms with Gasteiger partial charge in [0.05, 0.1) is 23.9 Å². The van der Waals surface area contributed by atoms with Crippen LogP contribution in [0.5, 0.6) is 0 Å². The van der Waals surface area contributed by atoms with Gasteiger partial charge in [0.2, 0.25) is 6.29 Å². The number of halogens is 1. The van der Waals surface area contributed by atoms with Crippen LogP contribution >= 0.6 is 11.6 Å². The fraction of sp³-hybridized carbons (Fsp3) is 0.357. The van der Waals surface area contributed by atoms with Crippen molar-refractivity contribution < 1.29 is 38.5 Å². The van der Waals surface area contributed by atoms with Crippen LogP contribution in [-0.2, 0) is 21.3 Å². The van der Waals surface area contributed by atoms with E-state index in [4.69, 9.17) is 25.8 Å². The maximum atomic E-state index is 13.9. The number of carbonyl (C=O) groups is 4. The molecule has 1 aromatic carbocycles. The standard InChI is InChI=1S/C28H30ClN5O8/c1-4-40-28(39)42-17(2)41-26(36)23-21(15-31-32(23)3)18-9-11-19(12-10-18)25(35)34(24-22(29)8-5-13-30-24)20-7-6-14-33(16-20)27(37)38/h5,8-13,15,17,20H,4,6-7,14,16H2,1-3H3,(H,37,38)/t17?,20-/m1/s1. The van der Waals surface area contributed by atoms with E-state index in [1.54, 1.807) is 50.4 Å². The number of amides is 2. The highest BCUT2D eigenvalue weighted by molar-refractivity contribution is 6.33. The third-order valence-electron chi connectivity index (χ3n) is 6.59. The fourth-order valence-electron chi connectivity index (χ4n) is 4.67. The van der Waals surface area contributed by atoms with Gasteiger partial charge in [-0.05, 0) is 49.6 Å². The summed E-state index contributed by atoms with van der Waals surface area (Å²) in [5.74, 6) is -0.949. The van der Waals surface area contributed by atoms with E-state index in [-0.39, 0.29) is 29.7 Å². The molecule has 13 nitrogen and oxygen atoms in total. The lowest BCUT2D eigenvalue weighted by Crippen LogP contribution is -2.52. The normalized spacial score (nSPS) is 15.4. The maximum Gasteiger partial charge on any atom is 0.511 e. The summed E-state index contributed by atoms with van der Waals surface area (Å²) in [6.45, 7) is 3.60. The number of hydrogen-bond acceptors (Lipinski definition) is 9. The molecule has 1 aliphatic heterocycles. The second-order valence-corrected chi connectivity index (χ2v) is 9.80. The number of aryl methyl sites for hydroxylation is 1. The van der Waals surface area contributed by atoms with E-state index >= 15 is 0 Å². The molecule has 14 heteroatoms. The molecule has 4 rings (SSSR count). The summed E-state index contributed by atoms with van der Waals surface area (Å²) >= 11 is 6.43. The molecule has 222 valence electrons. The zero-order valence-electron chi connectivity index (χ0n) is 23.2. The smallest absolute Gasteiger partial charge is 0.465 e. The number of esters is 1. The monoisotopic (exact) mass is 599 g/mol. The highest BCUT2D eigenvalue weighted by Gasteiger charge is 2.34. The molecule has 2 aromatic heterocycles. The van der Waals surface area contributed by atoms with Gasteiger partial charge >= 0.3 is 18.2 Å². The molecular weight excluding hydrogens is 570 g/mol. The van der Waals surface area contributed by atoms with Crippen LogP contribution in [0.3, 0.4) is 0 Å². The van der Waals surface area contributed by atoms with Crippen molar-refractivity contribution in [1.29, 1.82) is 0 Å². The minimum atomic E-state index is -1.21. The molecule has 0 aliphatic carbocycles. The summed E-state index contributed by atoms with van der Waals surface area (Å²) in [5, 5.41) is 14.0. The van der Waals surface area contributed by atoms with E-state index < -0.39 is 36.5 Å². The zero-order valence-corrected chi connectivity index (χ0v) is 24.0. The molecule has 1 aliphatic rings. The molecule has 0 radical (unpaired) electrons. The number of nitrogens with zero attached hydrogens (tertiary/aromatic N) is 5. The Morgan fingerprint density at radius 1 is 1.17 bits per heavy atom. The van der Waals surface area contributed by atoms with Gasteiger partial charge in [-0.1, -0.05) is 23.7 Å². The second-order valence-electron chi connectivity index (χ2n) is 9.39. The Morgan fingerprint density at radius 3 is 2.57 bits per heavy atom. The van der Waals surface area contributed by atoms with Gasteiger partial charge in [0.15, 0.2) is 11.5 Å². The van der Waals surface area contributed by atoms with Gasteiger partial charge in [0, 0.05) is 44.4 Å². The van der Waals surface area contributed by atoms with Gasteiger partial charge in [-0.2, -0.15) is 5.10 Å². The van der Waals surface area contributed by atoms with Crippen LogP contribution in [0.1, 0.15) is 47.5 Å². The molecule has 2 amide bonds. The molecule has 1 unspecified atom stereocenters. The summed E-state index contributed by atoms with van der Waals surface area (Å²) in [5.41, 5.74) is 1.41. The van der Waals surface area contributed by atoms with Crippen LogP contribution in [0.4, 0.5) is 15.4 Å². The topological polar surface area (TPSA) is 153 Å². The van der Waals surface area contributed by atoms with E-state index in [9.17, 15) is 24.3 Å². The van der Waals surface area contributed by atoms with Crippen molar-refractivity contribution in [2.45, 2.75) is 39.0 Å². The van der Waals surface area contributed by atoms with Crippen molar-refractivity contribution >= 4 is 41.5 Å². The summed E-state index contributed by atoms with van der Waals surface area (Å²) in [7, 11) is 1.56. The number of hydrogen-bond donors (Lipinski definition) is 1. The van der Waals surface area contributed by atoms with Crippen molar-refractivity contribution in [3.8, 4) is 11.1 Å². The number of ether oxygens (including phenoxy) is 3. The Balaban J connectivity index is 1.59. The molecule has 0 bridgehead atoms. The second kappa shape index (κ2) is 13.3. The van der Waals surface area contributed by atoms with Gasteiger partial charge in [-0.3, -0.25) is 14.4 Å². The first-order chi connectivity index (χ1) is 20.1. The number of benzene rings is 1. The average molecular weight is 600 g/mol. The lowest BCUT2D eigenvalue weighted by atomic mass is 10.0. The van der Waals surface area contributed by atoms with Gasteiger partial charge in [0.25, 0.3) is 5.91 Å². The minimum absolute atomic E-state index is 0.103. The Bertz CT molecular complexity index is 1460. The number of carbonyl (C=O) groups excluding carboxylic acids is 3. The quantitative estimate of drug-likeness (QED) is 0.287. The average Bonchev–Trinajstić information content (AvgIpc) is 3.35. The first kappa shape index (κ1) is 30.3. The SMILES string of the molecule is CCOC(=O)OC(C)OC(=O)c1c(-c2ccc(C(=O)N(c3ncccc3Cl)[C@@H]3CCCN(C(=O)O)C3)cc2)cnn1C. The third kappa shape index (κ3) is 6.79. The van der Waals surface area contributed by atoms with Crippen LogP contribution in [0.2, 0.25) is 5.02 Å². The number of pyridine rings is 1. The molecule has 0 spiro atoms. The third-order valence-corrected chi connectivity index (χ3v) is 6.89. The number of rotatable bonds is 8. The summed E-state index contributed by atoms with van der Waals surface area (Å²) in [6, 6.07) is 9.28. The Morgan fingerprint density at radius 2 is 1.90 bits per heavy atom. The highest BCUT2D eigenvalue weighted by atomic mass is 35.5. The van der Waals surface area contributed by atoms with Crippen LogP contribution in [-0.4, -0.2) is 80.9 Å². The van der Waals surface area contributed by atoms with Gasteiger partial charge in [0.1, 0.15) is 0 Å². The van der Waals surface area contributed by atoms with Crippen molar-refractivity contribution in [3.05, 3.63) is 65.1 Å². The number of anilines is 1. The lowest BCUT2D eigenvalue weighted by molar-refractivity contribution is -0.0815. The summed E-state index contributed by atoms with van der Waals surface area (Å²) in [6.07, 6.45) is 0.912. The van der Waals surface area contributed by atoms with Crippen molar-refractivity contribution in [1.82, 2.24) is 19.7 Å². The summed E-state index contributed by atoms with van der Waals surface area (Å²) < 4.78 is 16.2. The number of likely N-dealkylation sites (tertiary alicyclic amines) is 1. The molecule has 42 heavy (non-hydrogen) atoms. The predicted octanol–water partition coefficient (Wildman–Crippen LogP) is 4.60. The van der Waals surface area contributed by atoms with E-state index in [0.717, 1.165) is 0 Å². The fourth-order valence-corrected chi connectivity index (χ4v) is 4.88. The van der Waals surface area contributed by atoms with E-state index in [1.165, 1.54) is 33.8 Å². The minimum Gasteiger partial charge on any atom is -0.465 e. The van der Waals surface area contributed by atoms with Gasteiger partial charge in [-0.25, -0.2) is 19.4 Å².